The van der Waals surface area contributed by atoms with Gasteiger partial charge in [0, 0.05) is 0 Å². The van der Waals surface area contributed by atoms with Gasteiger partial charge in [0.05, 0.1) is 30.2 Å². The van der Waals surface area contributed by atoms with Crippen LogP contribution in [0.3, 0.4) is 0 Å². The summed E-state index contributed by atoms with van der Waals surface area (Å²) in [5.41, 5.74) is 5.18. The summed E-state index contributed by atoms with van der Waals surface area (Å²) in [5.74, 6) is -2.83. The Kier molecular flexibility index (Phi) is 4.67. The number of hydrogen-bond donors (Lipinski definition) is 2. The Labute approximate surface area is 174 Å². The topological polar surface area (TPSA) is 156 Å². The van der Waals surface area contributed by atoms with Gasteiger partial charge in [-0.05, 0) is 19.9 Å². The molecule has 2 aliphatic rings. The summed E-state index contributed by atoms with van der Waals surface area (Å²) in [5, 5.41) is 9.71. The normalized spacial score (nSPS) is 17.7. The Morgan fingerprint density at radius 2 is 1.73 bits per heavy atom. The van der Waals surface area contributed by atoms with Gasteiger partial charge in [-0.2, -0.15) is 4.57 Å². The summed E-state index contributed by atoms with van der Waals surface area (Å²) in [4.78, 5) is 29.1. The molecule has 3 N–H and O–H groups in total. The van der Waals surface area contributed by atoms with E-state index in [0.717, 1.165) is 0 Å². The van der Waals surface area contributed by atoms with Crippen LogP contribution < -0.4 is 19.3 Å². The molecule has 11 nitrogen and oxygen atoms in total. The second-order valence-electron chi connectivity index (χ2n) is 6.01. The number of hydrogen-bond acceptors (Lipinski definition) is 11. The van der Waals surface area contributed by atoms with Crippen LogP contribution in [-0.2, 0) is 14.0 Å². The van der Waals surface area contributed by atoms with Gasteiger partial charge in [0.2, 0.25) is 11.5 Å². The van der Waals surface area contributed by atoms with Crippen LogP contribution in [0.1, 0.15) is 34.6 Å². The average molecular weight is 457 g/mol. The number of halogens is 1. The van der Waals surface area contributed by atoms with Crippen LogP contribution >= 0.6 is 19.4 Å². The third-order valence-corrected chi connectivity index (χ3v) is 5.70. The van der Waals surface area contributed by atoms with Gasteiger partial charge in [-0.1, -0.05) is 11.6 Å². The molecule has 0 aliphatic carbocycles. The Balaban J connectivity index is 1.98. The van der Waals surface area contributed by atoms with E-state index >= 15 is 0 Å². The highest BCUT2D eigenvalue weighted by Crippen LogP contribution is 2.70. The quantitative estimate of drug-likeness (QED) is 0.386. The zero-order chi connectivity index (χ0) is 21.8. The van der Waals surface area contributed by atoms with E-state index < -0.39 is 25.5 Å². The number of nitrogens with zero attached hydrogens (tertiary/aromatic N) is 1. The van der Waals surface area contributed by atoms with Gasteiger partial charge in [0.1, 0.15) is 16.3 Å². The molecule has 1 atom stereocenters. The Bertz CT molecular complexity index is 1160. The average Bonchev–Trinajstić information content (AvgIpc) is 2.90. The molecule has 0 spiro atoms. The molecule has 2 aromatic rings. The molecular formula is C17H14ClN2O9P. The fourth-order valence-corrected chi connectivity index (χ4v) is 4.55. The number of carbonyl (C=O) groups is 2. The predicted octanol–water partition coefficient (Wildman–Crippen LogP) is 3.31. The van der Waals surface area contributed by atoms with Crippen molar-refractivity contribution in [3.8, 4) is 34.3 Å². The number of phosphoric acid groups is 1. The fraction of sp³-hybridized carbons (Fsp3) is 0.235. The van der Waals surface area contributed by atoms with Gasteiger partial charge < -0.3 is 33.9 Å². The minimum Gasteiger partial charge on any atom is -0.502 e. The zero-order valence-corrected chi connectivity index (χ0v) is 17.2. The number of phosphoric ester groups is 1. The molecule has 158 valence electrons. The van der Waals surface area contributed by atoms with Crippen LogP contribution in [0, 0.1) is 0 Å². The smallest absolute Gasteiger partial charge is 0.502 e. The number of nitrogens with two attached hydrogens (primary N) is 1. The molecule has 1 aromatic heterocycles. The van der Waals surface area contributed by atoms with Crippen molar-refractivity contribution in [3.05, 3.63) is 22.3 Å². The van der Waals surface area contributed by atoms with Crippen molar-refractivity contribution >= 4 is 37.0 Å². The largest absolute Gasteiger partial charge is 0.647 e. The molecule has 0 amide bonds. The number of benzene rings is 1. The van der Waals surface area contributed by atoms with Gasteiger partial charge in [-0.15, -0.1) is 0 Å². The standard InChI is InChI=1S/C17H14ClN2O9P/c1-3-25-16(22)8-9(17(23)26-4-2)15(18)20-11(10(8)19)6-5-7-12(21)14-13(6)28-30(24,27-7)29-14/h5,21H,3-4,19H2,1-2H3. The first-order chi connectivity index (χ1) is 14.2. The Hall–Kier alpha value is -3.17. The molecule has 0 saturated carbocycles. The maximum Gasteiger partial charge on any atom is 0.647 e. The van der Waals surface area contributed by atoms with Crippen molar-refractivity contribution in [2.45, 2.75) is 13.8 Å². The summed E-state index contributed by atoms with van der Waals surface area (Å²) in [6, 6.07) is 1.25. The lowest BCUT2D eigenvalue weighted by atomic mass is 10.0. The summed E-state index contributed by atoms with van der Waals surface area (Å²) in [7, 11) is -3.98. The van der Waals surface area contributed by atoms with Crippen LogP contribution in [-0.4, -0.2) is 35.2 Å². The zero-order valence-electron chi connectivity index (χ0n) is 15.6. The van der Waals surface area contributed by atoms with Crippen molar-refractivity contribution in [1.82, 2.24) is 4.98 Å². The summed E-state index contributed by atoms with van der Waals surface area (Å²) in [6.07, 6.45) is 0. The highest BCUT2D eigenvalue weighted by molar-refractivity contribution is 7.50. The van der Waals surface area contributed by atoms with E-state index in [0.29, 0.717) is 0 Å². The number of aromatic nitrogens is 1. The first-order valence-corrected chi connectivity index (χ1v) is 10.5. The van der Waals surface area contributed by atoms with Crippen molar-refractivity contribution < 1.29 is 42.3 Å². The number of ether oxygens (including phenoxy) is 2. The van der Waals surface area contributed by atoms with E-state index in [9.17, 15) is 19.3 Å². The number of phenols is 1. The molecule has 0 fully saturated rings. The molecule has 13 heteroatoms. The van der Waals surface area contributed by atoms with E-state index in [1.165, 1.54) is 6.07 Å². The number of carbonyl (C=O) groups excluding carboxylic acids is 2. The number of aromatic hydroxyl groups is 1. The van der Waals surface area contributed by atoms with Gasteiger partial charge in [-0.25, -0.2) is 14.6 Å². The SMILES string of the molecule is CCOC(=O)c1c(Cl)nc(-c2cc3c(O)c4c2OP(=O)(O3)O4)c(N)c1C(=O)OCC. The number of nitrogen functional groups attached to an aromatic ring is 1. The summed E-state index contributed by atoms with van der Waals surface area (Å²) >= 11 is 6.21. The van der Waals surface area contributed by atoms with E-state index in [1.807, 2.05) is 0 Å². The van der Waals surface area contributed by atoms with E-state index in [1.54, 1.807) is 13.8 Å². The molecular weight excluding hydrogens is 443 g/mol. The number of esters is 2. The molecule has 3 heterocycles. The highest BCUT2D eigenvalue weighted by Gasteiger charge is 2.50. The number of phenolic OH excluding ortho intramolecular Hbond substituents is 1. The van der Waals surface area contributed by atoms with E-state index in [2.05, 4.69) is 4.98 Å². The lowest BCUT2D eigenvalue weighted by Crippen LogP contribution is -2.19. The van der Waals surface area contributed by atoms with E-state index in [4.69, 9.17) is 40.4 Å². The maximum atomic E-state index is 12.6. The molecule has 30 heavy (non-hydrogen) atoms. The fourth-order valence-electron chi connectivity index (χ4n) is 3.01. The van der Waals surface area contributed by atoms with Crippen LogP contribution in [0.2, 0.25) is 5.15 Å². The minimum absolute atomic E-state index is 0.00252. The third-order valence-electron chi connectivity index (χ3n) is 4.20. The van der Waals surface area contributed by atoms with Crippen molar-refractivity contribution in [1.29, 1.82) is 0 Å². The van der Waals surface area contributed by atoms with Crippen LogP contribution in [0.25, 0.3) is 11.3 Å². The molecule has 0 radical (unpaired) electrons. The van der Waals surface area contributed by atoms with Gasteiger partial charge in [0.25, 0.3) is 0 Å². The Morgan fingerprint density at radius 3 is 2.37 bits per heavy atom. The van der Waals surface area contributed by atoms with Crippen molar-refractivity contribution in [3.63, 3.8) is 0 Å². The molecule has 0 saturated heterocycles. The van der Waals surface area contributed by atoms with Gasteiger partial charge in [0.15, 0.2) is 11.5 Å². The second-order valence-corrected chi connectivity index (χ2v) is 7.81. The molecule has 2 aliphatic heterocycles. The van der Waals surface area contributed by atoms with Gasteiger partial charge in [-0.3, -0.25) is 0 Å². The number of anilines is 1. The van der Waals surface area contributed by atoms with Crippen LogP contribution in [0.4, 0.5) is 5.69 Å². The molecule has 4 rings (SSSR count). The first kappa shape index (κ1) is 20.1. The second kappa shape index (κ2) is 6.96. The van der Waals surface area contributed by atoms with Crippen LogP contribution in [0.5, 0.6) is 23.0 Å². The van der Waals surface area contributed by atoms with Crippen LogP contribution in [0.15, 0.2) is 6.07 Å². The molecule has 1 aromatic carbocycles. The number of fused-ring (bicyclic) bond motifs is 2. The lowest BCUT2D eigenvalue weighted by molar-refractivity contribution is 0.0479. The minimum atomic E-state index is -3.98. The van der Waals surface area contributed by atoms with E-state index in [-0.39, 0.29) is 63.7 Å². The van der Waals surface area contributed by atoms with Crippen molar-refractivity contribution in [2.24, 2.45) is 0 Å². The number of pyridine rings is 1. The first-order valence-electron chi connectivity index (χ1n) is 8.63. The summed E-state index contributed by atoms with van der Waals surface area (Å²) < 4.78 is 37.6. The lowest BCUT2D eigenvalue weighted by Gasteiger charge is -2.17. The Morgan fingerprint density at radius 1 is 1.13 bits per heavy atom. The molecule has 1 unspecified atom stereocenters. The van der Waals surface area contributed by atoms with Gasteiger partial charge >= 0.3 is 19.8 Å². The summed E-state index contributed by atoms with van der Waals surface area (Å²) in [6.45, 7) is 3.17. The third kappa shape index (κ3) is 2.89. The maximum absolute atomic E-state index is 12.6. The molecule has 3 bridgehead atoms. The number of rotatable bonds is 5. The highest BCUT2D eigenvalue weighted by atomic mass is 35.5. The monoisotopic (exact) mass is 456 g/mol. The predicted molar refractivity (Wildman–Crippen MR) is 102 cm³/mol. The van der Waals surface area contributed by atoms with Crippen molar-refractivity contribution in [2.75, 3.05) is 18.9 Å².